The van der Waals surface area contributed by atoms with Gasteiger partial charge in [-0.05, 0) is 49.4 Å². The second-order valence-corrected chi connectivity index (χ2v) is 7.15. The zero-order valence-electron chi connectivity index (χ0n) is 10.8. The summed E-state index contributed by atoms with van der Waals surface area (Å²) in [6, 6.07) is 3.77. The van der Waals surface area contributed by atoms with Gasteiger partial charge < -0.3 is 0 Å². The molecular formula is C13H17ClFNO2S. The molecule has 0 N–H and O–H groups in total. The Hall–Kier alpha value is -0.650. The third-order valence-corrected chi connectivity index (χ3v) is 5.92. The molecule has 0 aliphatic carbocycles. The number of aryl methyl sites for hydroxylation is 1. The molecule has 0 bridgehead atoms. The van der Waals surface area contributed by atoms with Gasteiger partial charge in [0, 0.05) is 19.0 Å². The molecule has 0 aromatic heterocycles. The number of halogens is 2. The summed E-state index contributed by atoms with van der Waals surface area (Å²) in [5, 5.41) is 0. The van der Waals surface area contributed by atoms with Crippen molar-refractivity contribution in [2.75, 3.05) is 19.0 Å². The molecule has 1 aromatic rings. The van der Waals surface area contributed by atoms with E-state index in [1.54, 1.807) is 6.92 Å². The number of benzene rings is 1. The van der Waals surface area contributed by atoms with Gasteiger partial charge in [-0.25, -0.2) is 12.8 Å². The van der Waals surface area contributed by atoms with E-state index in [4.69, 9.17) is 11.6 Å². The fourth-order valence-corrected chi connectivity index (χ4v) is 4.42. The predicted octanol–water partition coefficient (Wildman–Crippen LogP) is 2.77. The number of piperidine rings is 1. The van der Waals surface area contributed by atoms with Crippen LogP contribution >= 0.6 is 11.6 Å². The smallest absolute Gasteiger partial charge is 0.207 e. The van der Waals surface area contributed by atoms with Gasteiger partial charge in [0.25, 0.3) is 0 Å². The lowest BCUT2D eigenvalue weighted by atomic mass is 10.0. The molecule has 6 heteroatoms. The lowest BCUT2D eigenvalue weighted by molar-refractivity contribution is 0.283. The number of nitrogens with zero attached hydrogens (tertiary/aromatic N) is 1. The van der Waals surface area contributed by atoms with Crippen LogP contribution in [-0.4, -0.2) is 31.7 Å². The van der Waals surface area contributed by atoms with Gasteiger partial charge in [0.05, 0.1) is 4.90 Å². The van der Waals surface area contributed by atoms with Gasteiger partial charge in [0.15, 0.2) is 0 Å². The molecule has 1 aromatic carbocycles. The van der Waals surface area contributed by atoms with E-state index in [0.717, 1.165) is 12.8 Å². The van der Waals surface area contributed by atoms with Crippen LogP contribution in [0.4, 0.5) is 4.39 Å². The minimum Gasteiger partial charge on any atom is -0.207 e. The van der Waals surface area contributed by atoms with Crippen LogP contribution in [0.15, 0.2) is 23.1 Å². The molecule has 1 saturated heterocycles. The van der Waals surface area contributed by atoms with Crippen LogP contribution in [0.25, 0.3) is 0 Å². The quantitative estimate of drug-likeness (QED) is 0.805. The summed E-state index contributed by atoms with van der Waals surface area (Å²) in [4.78, 5) is 0.184. The Morgan fingerprint density at radius 3 is 2.84 bits per heavy atom. The maximum Gasteiger partial charge on any atom is 0.243 e. The van der Waals surface area contributed by atoms with Gasteiger partial charge in [-0.2, -0.15) is 4.31 Å². The standard InChI is InChI=1S/C13H17ClFNO2S/c1-10-7-12(15)4-5-13(10)19(17,18)16-6-2-3-11(8-14)9-16/h4-5,7,11H,2-3,6,8-9H2,1H3. The highest BCUT2D eigenvalue weighted by Crippen LogP contribution is 2.26. The Morgan fingerprint density at radius 2 is 2.21 bits per heavy atom. The van der Waals surface area contributed by atoms with Crippen molar-refractivity contribution >= 4 is 21.6 Å². The van der Waals surface area contributed by atoms with Crippen LogP contribution in [0.3, 0.4) is 0 Å². The fourth-order valence-electron chi connectivity index (χ4n) is 2.41. The molecule has 0 spiro atoms. The monoisotopic (exact) mass is 305 g/mol. The van der Waals surface area contributed by atoms with E-state index < -0.39 is 15.8 Å². The van der Waals surface area contributed by atoms with Crippen molar-refractivity contribution in [1.29, 1.82) is 0 Å². The number of hydrogen-bond acceptors (Lipinski definition) is 2. The number of rotatable bonds is 3. The van der Waals surface area contributed by atoms with Crippen LogP contribution in [0.5, 0.6) is 0 Å². The largest absolute Gasteiger partial charge is 0.243 e. The van der Waals surface area contributed by atoms with Crippen molar-refractivity contribution in [1.82, 2.24) is 4.31 Å². The molecule has 0 radical (unpaired) electrons. The third kappa shape index (κ3) is 3.09. The van der Waals surface area contributed by atoms with Crippen molar-refractivity contribution in [3.05, 3.63) is 29.6 Å². The van der Waals surface area contributed by atoms with E-state index in [-0.39, 0.29) is 10.8 Å². The van der Waals surface area contributed by atoms with Gasteiger partial charge in [-0.15, -0.1) is 11.6 Å². The zero-order valence-corrected chi connectivity index (χ0v) is 12.3. The molecule has 19 heavy (non-hydrogen) atoms. The van der Waals surface area contributed by atoms with Gasteiger partial charge >= 0.3 is 0 Å². The van der Waals surface area contributed by atoms with E-state index in [1.165, 1.54) is 22.5 Å². The molecule has 106 valence electrons. The predicted molar refractivity (Wildman–Crippen MR) is 73.3 cm³/mol. The second kappa shape index (κ2) is 5.77. The molecule has 1 aliphatic heterocycles. The molecule has 1 atom stereocenters. The molecule has 0 saturated carbocycles. The summed E-state index contributed by atoms with van der Waals surface area (Å²) in [5.41, 5.74) is 0.438. The Morgan fingerprint density at radius 1 is 1.47 bits per heavy atom. The lowest BCUT2D eigenvalue weighted by Gasteiger charge is -2.31. The number of sulfonamides is 1. The molecular weight excluding hydrogens is 289 g/mol. The molecule has 1 unspecified atom stereocenters. The summed E-state index contributed by atoms with van der Waals surface area (Å²) in [6.45, 7) is 2.56. The Labute approximate surface area is 118 Å². The maximum atomic E-state index is 13.1. The van der Waals surface area contributed by atoms with Gasteiger partial charge in [-0.3, -0.25) is 0 Å². The lowest BCUT2D eigenvalue weighted by Crippen LogP contribution is -2.40. The van der Waals surface area contributed by atoms with Gasteiger partial charge in [0.2, 0.25) is 10.0 Å². The third-order valence-electron chi connectivity index (χ3n) is 3.45. The van der Waals surface area contributed by atoms with Crippen molar-refractivity contribution in [2.45, 2.75) is 24.7 Å². The second-order valence-electron chi connectivity index (χ2n) is 4.94. The summed E-state index contributed by atoms with van der Waals surface area (Å²) in [7, 11) is -3.54. The topological polar surface area (TPSA) is 37.4 Å². The number of hydrogen-bond donors (Lipinski definition) is 0. The van der Waals surface area contributed by atoms with E-state index in [9.17, 15) is 12.8 Å². The van der Waals surface area contributed by atoms with Gasteiger partial charge in [0.1, 0.15) is 5.82 Å². The molecule has 0 amide bonds. The van der Waals surface area contributed by atoms with Crippen LogP contribution in [-0.2, 0) is 10.0 Å². The SMILES string of the molecule is Cc1cc(F)ccc1S(=O)(=O)N1CCCC(CCl)C1. The molecule has 1 heterocycles. The summed E-state index contributed by atoms with van der Waals surface area (Å²) in [6.07, 6.45) is 1.77. The summed E-state index contributed by atoms with van der Waals surface area (Å²) < 4.78 is 39.6. The van der Waals surface area contributed by atoms with E-state index in [2.05, 4.69) is 0 Å². The summed E-state index contributed by atoms with van der Waals surface area (Å²) >= 11 is 5.82. The highest BCUT2D eigenvalue weighted by atomic mass is 35.5. The average molecular weight is 306 g/mol. The van der Waals surface area contributed by atoms with Crippen molar-refractivity contribution in [2.24, 2.45) is 5.92 Å². The van der Waals surface area contributed by atoms with E-state index >= 15 is 0 Å². The average Bonchev–Trinajstić information content (AvgIpc) is 2.38. The first kappa shape index (κ1) is 14.8. The minimum atomic E-state index is -3.54. The Kier molecular flexibility index (Phi) is 4.48. The van der Waals surface area contributed by atoms with Crippen molar-refractivity contribution in [3.63, 3.8) is 0 Å². The Balaban J connectivity index is 2.31. The zero-order chi connectivity index (χ0) is 14.0. The summed E-state index contributed by atoms with van der Waals surface area (Å²) in [5.74, 6) is 0.244. The van der Waals surface area contributed by atoms with Gasteiger partial charge in [-0.1, -0.05) is 0 Å². The van der Waals surface area contributed by atoms with E-state index in [0.29, 0.717) is 24.5 Å². The van der Waals surface area contributed by atoms with E-state index in [1.807, 2.05) is 0 Å². The normalized spacial score (nSPS) is 21.5. The maximum absolute atomic E-state index is 13.1. The highest BCUT2D eigenvalue weighted by Gasteiger charge is 2.30. The van der Waals surface area contributed by atoms with Crippen LogP contribution in [0.2, 0.25) is 0 Å². The molecule has 1 aliphatic rings. The first-order valence-electron chi connectivity index (χ1n) is 6.27. The number of alkyl halides is 1. The molecule has 3 nitrogen and oxygen atoms in total. The van der Waals surface area contributed by atoms with Crippen LogP contribution < -0.4 is 0 Å². The fraction of sp³-hybridized carbons (Fsp3) is 0.538. The first-order valence-corrected chi connectivity index (χ1v) is 8.25. The molecule has 2 rings (SSSR count). The highest BCUT2D eigenvalue weighted by molar-refractivity contribution is 7.89. The van der Waals surface area contributed by atoms with Crippen molar-refractivity contribution in [3.8, 4) is 0 Å². The minimum absolute atomic E-state index is 0.184. The van der Waals surface area contributed by atoms with Crippen LogP contribution in [0.1, 0.15) is 18.4 Å². The van der Waals surface area contributed by atoms with Crippen molar-refractivity contribution < 1.29 is 12.8 Å². The Bertz CT molecular complexity index is 562. The van der Waals surface area contributed by atoms with Crippen LogP contribution in [0, 0.1) is 18.7 Å². The first-order chi connectivity index (χ1) is 8.95. The molecule has 1 fully saturated rings.